The number of rotatable bonds is 4. The van der Waals surface area contributed by atoms with Crippen molar-refractivity contribution in [1.29, 1.82) is 0 Å². The van der Waals surface area contributed by atoms with Gasteiger partial charge in [0.15, 0.2) is 0 Å². The van der Waals surface area contributed by atoms with E-state index in [1.54, 1.807) is 6.07 Å². The molecule has 0 aliphatic heterocycles. The van der Waals surface area contributed by atoms with Crippen LogP contribution < -0.4 is 27.9 Å². The van der Waals surface area contributed by atoms with Crippen molar-refractivity contribution in [2.24, 2.45) is 11.7 Å². The summed E-state index contributed by atoms with van der Waals surface area (Å²) in [7, 11) is 0. The van der Waals surface area contributed by atoms with Crippen LogP contribution in [0.4, 0.5) is 27.7 Å². The molecule has 1 aromatic heterocycles. The summed E-state index contributed by atoms with van der Waals surface area (Å²) in [5.41, 5.74) is 6.21. The summed E-state index contributed by atoms with van der Waals surface area (Å²) in [6.07, 6.45) is 0. The fourth-order valence-corrected chi connectivity index (χ4v) is 1.50. The minimum absolute atomic E-state index is 0.247. The number of hydrazine groups is 2. The van der Waals surface area contributed by atoms with Gasteiger partial charge in [0.2, 0.25) is 5.95 Å². The number of hydrogen-bond donors (Lipinski definition) is 5. The lowest BCUT2D eigenvalue weighted by atomic mass is 10.2. The van der Waals surface area contributed by atoms with Crippen LogP contribution >= 0.6 is 0 Å². The van der Waals surface area contributed by atoms with E-state index < -0.39 is 0 Å². The highest BCUT2D eigenvalue weighted by molar-refractivity contribution is 5.61. The molecule has 100 valence electrons. The summed E-state index contributed by atoms with van der Waals surface area (Å²) in [5, 5.41) is 2.91. The molecule has 1 aromatic carbocycles. The van der Waals surface area contributed by atoms with Crippen molar-refractivity contribution < 1.29 is 4.39 Å². The first-order valence-electron chi connectivity index (χ1n) is 5.48. The SMILES string of the molecule is Cc1ccc(F)cc1Nc1nc(NN)cc(NN)n1. The normalized spacial score (nSPS) is 10.1. The molecule has 0 amide bonds. The molecule has 0 saturated carbocycles. The molecule has 2 aromatic rings. The maximum absolute atomic E-state index is 13.2. The van der Waals surface area contributed by atoms with Gasteiger partial charge >= 0.3 is 0 Å². The summed E-state index contributed by atoms with van der Waals surface area (Å²) in [6, 6.07) is 5.93. The minimum Gasteiger partial charge on any atom is -0.324 e. The van der Waals surface area contributed by atoms with Crippen LogP contribution in [0.5, 0.6) is 0 Å². The van der Waals surface area contributed by atoms with Gasteiger partial charge in [-0.15, -0.1) is 0 Å². The van der Waals surface area contributed by atoms with Crippen LogP contribution in [0.3, 0.4) is 0 Å². The monoisotopic (exact) mass is 263 g/mol. The summed E-state index contributed by atoms with van der Waals surface area (Å²) in [5.74, 6) is 11.2. The molecule has 19 heavy (non-hydrogen) atoms. The van der Waals surface area contributed by atoms with Gasteiger partial charge in [0.1, 0.15) is 17.5 Å². The third kappa shape index (κ3) is 3.06. The van der Waals surface area contributed by atoms with Crippen LogP contribution in [-0.2, 0) is 0 Å². The van der Waals surface area contributed by atoms with E-state index in [4.69, 9.17) is 11.7 Å². The highest BCUT2D eigenvalue weighted by atomic mass is 19.1. The molecule has 1 heterocycles. The molecule has 7 nitrogen and oxygen atoms in total. The Labute approximate surface area is 109 Å². The van der Waals surface area contributed by atoms with Crippen LogP contribution in [0.25, 0.3) is 0 Å². The van der Waals surface area contributed by atoms with Gasteiger partial charge in [0, 0.05) is 11.8 Å². The van der Waals surface area contributed by atoms with E-state index in [-0.39, 0.29) is 11.8 Å². The Hall–Kier alpha value is -2.45. The average molecular weight is 263 g/mol. The molecular formula is C11H14FN7. The van der Waals surface area contributed by atoms with E-state index in [1.807, 2.05) is 6.92 Å². The number of halogens is 1. The van der Waals surface area contributed by atoms with E-state index in [9.17, 15) is 4.39 Å². The van der Waals surface area contributed by atoms with Gasteiger partial charge in [-0.05, 0) is 24.6 Å². The van der Waals surface area contributed by atoms with E-state index >= 15 is 0 Å². The molecular weight excluding hydrogens is 249 g/mol. The van der Waals surface area contributed by atoms with E-state index in [0.29, 0.717) is 17.3 Å². The minimum atomic E-state index is -0.349. The lowest BCUT2D eigenvalue weighted by Gasteiger charge is -2.10. The van der Waals surface area contributed by atoms with Crippen molar-refractivity contribution in [3.05, 3.63) is 35.6 Å². The molecule has 0 aliphatic carbocycles. The predicted octanol–water partition coefficient (Wildman–Crippen LogP) is 1.24. The number of nitrogens with one attached hydrogen (secondary N) is 3. The number of nitrogens with two attached hydrogens (primary N) is 2. The Morgan fingerprint density at radius 2 is 1.68 bits per heavy atom. The molecule has 7 N–H and O–H groups in total. The van der Waals surface area contributed by atoms with Crippen molar-refractivity contribution in [2.75, 3.05) is 16.2 Å². The molecule has 0 unspecified atom stereocenters. The van der Waals surface area contributed by atoms with Crippen LogP contribution in [-0.4, -0.2) is 9.97 Å². The molecule has 0 radical (unpaired) electrons. The second kappa shape index (κ2) is 5.46. The summed E-state index contributed by atoms with van der Waals surface area (Å²) >= 11 is 0. The van der Waals surface area contributed by atoms with Crippen LogP contribution in [0.1, 0.15) is 5.56 Å². The Kier molecular flexibility index (Phi) is 3.74. The predicted molar refractivity (Wildman–Crippen MR) is 72.1 cm³/mol. The largest absolute Gasteiger partial charge is 0.324 e. The van der Waals surface area contributed by atoms with Gasteiger partial charge in [-0.2, -0.15) is 9.97 Å². The van der Waals surface area contributed by atoms with Gasteiger partial charge in [0.25, 0.3) is 0 Å². The fourth-order valence-electron chi connectivity index (χ4n) is 1.50. The highest BCUT2D eigenvalue weighted by Gasteiger charge is 2.06. The van der Waals surface area contributed by atoms with Crippen molar-refractivity contribution in [3.63, 3.8) is 0 Å². The maximum atomic E-state index is 13.2. The Morgan fingerprint density at radius 1 is 1.05 bits per heavy atom. The summed E-state index contributed by atoms with van der Waals surface area (Å²) in [4.78, 5) is 8.18. The van der Waals surface area contributed by atoms with Crippen LogP contribution in [0.15, 0.2) is 24.3 Å². The molecule has 0 spiro atoms. The molecule has 0 bridgehead atoms. The van der Waals surface area contributed by atoms with Crippen LogP contribution in [0, 0.1) is 12.7 Å². The third-order valence-corrected chi connectivity index (χ3v) is 2.47. The molecule has 0 atom stereocenters. The quantitative estimate of drug-likeness (QED) is 0.416. The smallest absolute Gasteiger partial charge is 0.231 e. The summed E-state index contributed by atoms with van der Waals surface area (Å²) in [6.45, 7) is 1.84. The van der Waals surface area contributed by atoms with Gasteiger partial charge in [-0.25, -0.2) is 16.1 Å². The number of nitrogen functional groups attached to an aromatic ring is 2. The first kappa shape index (κ1) is 13.0. The number of benzene rings is 1. The number of anilines is 4. The Bertz CT molecular complexity index is 565. The Morgan fingerprint density at radius 3 is 2.26 bits per heavy atom. The standard InChI is InChI=1S/C11H14FN7/c1-6-2-3-7(12)4-8(6)15-11-16-9(18-13)5-10(17-11)19-14/h2-5H,13-14H2,1H3,(H3,15,16,17,18,19). The zero-order chi connectivity index (χ0) is 13.8. The topological polar surface area (TPSA) is 114 Å². The van der Waals surface area contributed by atoms with Crippen molar-refractivity contribution in [3.8, 4) is 0 Å². The molecule has 8 heteroatoms. The molecule has 0 aliphatic rings. The number of hydrogen-bond acceptors (Lipinski definition) is 7. The zero-order valence-corrected chi connectivity index (χ0v) is 10.2. The Balaban J connectivity index is 2.34. The lowest BCUT2D eigenvalue weighted by Crippen LogP contribution is -2.14. The molecule has 2 rings (SSSR count). The first-order chi connectivity index (χ1) is 9.12. The van der Waals surface area contributed by atoms with Crippen molar-refractivity contribution in [2.45, 2.75) is 6.92 Å². The van der Waals surface area contributed by atoms with Crippen molar-refractivity contribution in [1.82, 2.24) is 9.97 Å². The second-order valence-corrected chi connectivity index (χ2v) is 3.83. The van der Waals surface area contributed by atoms with E-state index in [1.165, 1.54) is 18.2 Å². The number of aromatic nitrogens is 2. The van der Waals surface area contributed by atoms with Gasteiger partial charge in [-0.1, -0.05) is 6.07 Å². The van der Waals surface area contributed by atoms with E-state index in [2.05, 4.69) is 26.1 Å². The fraction of sp³-hybridized carbons (Fsp3) is 0.0909. The van der Waals surface area contributed by atoms with Gasteiger partial charge in [-0.3, -0.25) is 0 Å². The van der Waals surface area contributed by atoms with E-state index in [0.717, 1.165) is 5.56 Å². The highest BCUT2D eigenvalue weighted by Crippen LogP contribution is 2.21. The first-order valence-corrected chi connectivity index (χ1v) is 5.48. The number of nitrogens with zero attached hydrogens (tertiary/aromatic N) is 2. The second-order valence-electron chi connectivity index (χ2n) is 3.83. The van der Waals surface area contributed by atoms with Gasteiger partial charge < -0.3 is 16.2 Å². The maximum Gasteiger partial charge on any atom is 0.231 e. The lowest BCUT2D eigenvalue weighted by molar-refractivity contribution is 0.628. The molecule has 0 fully saturated rings. The number of aryl methyl sites for hydroxylation is 1. The van der Waals surface area contributed by atoms with Crippen molar-refractivity contribution >= 4 is 23.3 Å². The average Bonchev–Trinajstić information content (AvgIpc) is 2.42. The third-order valence-electron chi connectivity index (χ3n) is 2.47. The van der Waals surface area contributed by atoms with Gasteiger partial charge in [0.05, 0.1) is 0 Å². The zero-order valence-electron chi connectivity index (χ0n) is 10.2. The molecule has 0 saturated heterocycles. The summed E-state index contributed by atoms with van der Waals surface area (Å²) < 4.78 is 13.2. The van der Waals surface area contributed by atoms with Crippen LogP contribution in [0.2, 0.25) is 0 Å².